The van der Waals surface area contributed by atoms with Crippen molar-refractivity contribution in [1.82, 2.24) is 25.1 Å². The van der Waals surface area contributed by atoms with Gasteiger partial charge in [-0.1, -0.05) is 33.3 Å². The Kier molecular flexibility index (Phi) is 3.49. The molecule has 0 saturated carbocycles. The van der Waals surface area contributed by atoms with Gasteiger partial charge in [-0.15, -0.1) is 10.2 Å². The molecule has 0 unspecified atom stereocenters. The van der Waals surface area contributed by atoms with Gasteiger partial charge in [0.05, 0.1) is 6.54 Å². The summed E-state index contributed by atoms with van der Waals surface area (Å²) >= 11 is 4.76. The zero-order valence-corrected chi connectivity index (χ0v) is 12.9. The Morgan fingerprint density at radius 1 is 1.45 bits per heavy atom. The molecule has 1 N–H and O–H groups in total. The van der Waals surface area contributed by atoms with Gasteiger partial charge in [0.15, 0.2) is 5.82 Å². The first-order valence-electron chi connectivity index (χ1n) is 5.85. The fraction of sp³-hybridized carbons (Fsp3) is 0.167. The van der Waals surface area contributed by atoms with E-state index in [0.29, 0.717) is 12.1 Å². The van der Waals surface area contributed by atoms with Crippen LogP contribution < -0.4 is 5.32 Å². The van der Waals surface area contributed by atoms with Crippen LogP contribution in [-0.2, 0) is 6.54 Å². The molecule has 3 aromatic rings. The Labute approximate surface area is 127 Å². The molecule has 0 aliphatic heterocycles. The van der Waals surface area contributed by atoms with Gasteiger partial charge in [0.2, 0.25) is 4.96 Å². The fourth-order valence-corrected chi connectivity index (χ4v) is 2.93. The summed E-state index contributed by atoms with van der Waals surface area (Å²) in [6, 6.07) is 7.24. The lowest BCUT2D eigenvalue weighted by Gasteiger charge is -2.03. The third-order valence-electron chi connectivity index (χ3n) is 2.68. The number of amides is 1. The summed E-state index contributed by atoms with van der Waals surface area (Å²) in [4.78, 5) is 12.7. The number of fused-ring (bicyclic) bond motifs is 1. The van der Waals surface area contributed by atoms with Gasteiger partial charge in [-0.25, -0.2) is 0 Å². The highest BCUT2D eigenvalue weighted by Crippen LogP contribution is 2.14. The number of aryl methyl sites for hydroxylation is 1. The van der Waals surface area contributed by atoms with Crippen LogP contribution >= 0.6 is 27.3 Å². The normalized spacial score (nSPS) is 10.9. The van der Waals surface area contributed by atoms with Gasteiger partial charge in [-0.3, -0.25) is 4.79 Å². The molecule has 102 valence electrons. The zero-order chi connectivity index (χ0) is 14.1. The Morgan fingerprint density at radius 2 is 2.30 bits per heavy atom. The van der Waals surface area contributed by atoms with Gasteiger partial charge >= 0.3 is 0 Å². The molecule has 0 bridgehead atoms. The molecule has 0 fully saturated rings. The van der Waals surface area contributed by atoms with Crippen LogP contribution in [0.2, 0.25) is 0 Å². The van der Waals surface area contributed by atoms with Crippen molar-refractivity contribution in [3.05, 3.63) is 45.1 Å². The van der Waals surface area contributed by atoms with Crippen LogP contribution in [0.25, 0.3) is 4.96 Å². The van der Waals surface area contributed by atoms with Crippen molar-refractivity contribution in [3.63, 3.8) is 0 Å². The summed E-state index contributed by atoms with van der Waals surface area (Å²) in [5.74, 6) is 0.606. The van der Waals surface area contributed by atoms with Crippen LogP contribution in [-0.4, -0.2) is 25.7 Å². The van der Waals surface area contributed by atoms with E-state index in [4.69, 9.17) is 0 Å². The Morgan fingerprint density at radius 3 is 3.05 bits per heavy atom. The van der Waals surface area contributed by atoms with E-state index in [2.05, 4.69) is 36.5 Å². The number of nitrogens with one attached hydrogen (secondary N) is 1. The van der Waals surface area contributed by atoms with Crippen LogP contribution in [0.1, 0.15) is 21.2 Å². The minimum absolute atomic E-state index is 0.131. The van der Waals surface area contributed by atoms with Crippen molar-refractivity contribution in [2.45, 2.75) is 13.5 Å². The maximum absolute atomic E-state index is 12.0. The third-order valence-corrected chi connectivity index (χ3v) is 4.07. The van der Waals surface area contributed by atoms with Crippen LogP contribution in [0.4, 0.5) is 0 Å². The predicted molar refractivity (Wildman–Crippen MR) is 78.7 cm³/mol. The molecule has 6 nitrogen and oxygen atoms in total. The maximum atomic E-state index is 12.0. The molecular formula is C12H10BrN5OS. The topological polar surface area (TPSA) is 72.2 Å². The number of benzene rings is 1. The van der Waals surface area contributed by atoms with Gasteiger partial charge in [0.25, 0.3) is 5.91 Å². The minimum atomic E-state index is -0.131. The first-order chi connectivity index (χ1) is 9.63. The number of carbonyl (C=O) groups excluding carboxylic acids is 1. The van der Waals surface area contributed by atoms with E-state index in [9.17, 15) is 4.79 Å². The molecule has 2 aromatic heterocycles. The lowest BCUT2D eigenvalue weighted by Crippen LogP contribution is -2.22. The molecule has 8 heteroatoms. The number of rotatable bonds is 3. The second-order valence-corrected chi connectivity index (χ2v) is 6.09. The van der Waals surface area contributed by atoms with Crippen molar-refractivity contribution in [1.29, 1.82) is 0 Å². The summed E-state index contributed by atoms with van der Waals surface area (Å²) in [7, 11) is 0. The molecule has 3 rings (SSSR count). The molecule has 0 radical (unpaired) electrons. The Hall–Kier alpha value is -1.80. The lowest BCUT2D eigenvalue weighted by atomic mass is 10.2. The largest absolute Gasteiger partial charge is 0.345 e. The highest BCUT2D eigenvalue weighted by atomic mass is 79.9. The SMILES string of the molecule is Cc1nnc2sc(CNC(=O)c3cccc(Br)c3)nn12. The molecular weight excluding hydrogens is 342 g/mol. The summed E-state index contributed by atoms with van der Waals surface area (Å²) in [5, 5.41) is 15.9. The van der Waals surface area contributed by atoms with E-state index in [-0.39, 0.29) is 5.91 Å². The smallest absolute Gasteiger partial charge is 0.251 e. The van der Waals surface area contributed by atoms with Crippen LogP contribution in [0.15, 0.2) is 28.7 Å². The molecule has 0 spiro atoms. The minimum Gasteiger partial charge on any atom is -0.345 e. The average molecular weight is 352 g/mol. The second kappa shape index (κ2) is 5.29. The second-order valence-electron chi connectivity index (χ2n) is 4.13. The van der Waals surface area contributed by atoms with E-state index in [1.807, 2.05) is 19.1 Å². The number of carbonyl (C=O) groups is 1. The van der Waals surface area contributed by atoms with Gasteiger partial charge < -0.3 is 5.32 Å². The highest BCUT2D eigenvalue weighted by molar-refractivity contribution is 9.10. The first-order valence-corrected chi connectivity index (χ1v) is 7.46. The molecule has 0 saturated heterocycles. The van der Waals surface area contributed by atoms with Crippen molar-refractivity contribution in [2.75, 3.05) is 0 Å². The third kappa shape index (κ3) is 2.56. The molecule has 0 aliphatic carbocycles. The van der Waals surface area contributed by atoms with Gasteiger partial charge in [0.1, 0.15) is 5.01 Å². The predicted octanol–water partition coefficient (Wildman–Crippen LogP) is 2.19. The lowest BCUT2D eigenvalue weighted by molar-refractivity contribution is 0.0950. The van der Waals surface area contributed by atoms with E-state index < -0.39 is 0 Å². The van der Waals surface area contributed by atoms with E-state index >= 15 is 0 Å². The standard InChI is InChI=1S/C12H10BrN5OS/c1-7-15-16-12-18(7)17-10(20-12)6-14-11(19)8-3-2-4-9(13)5-8/h2-5H,6H2,1H3,(H,14,19). The van der Waals surface area contributed by atoms with Crippen molar-refractivity contribution in [3.8, 4) is 0 Å². The van der Waals surface area contributed by atoms with Gasteiger partial charge in [-0.05, 0) is 25.1 Å². The number of nitrogens with zero attached hydrogens (tertiary/aromatic N) is 4. The quantitative estimate of drug-likeness (QED) is 0.784. The number of hydrogen-bond donors (Lipinski definition) is 1. The summed E-state index contributed by atoms with van der Waals surface area (Å²) in [6.07, 6.45) is 0. The average Bonchev–Trinajstić information content (AvgIpc) is 2.98. The van der Waals surface area contributed by atoms with E-state index in [1.54, 1.807) is 16.6 Å². The summed E-state index contributed by atoms with van der Waals surface area (Å²) < 4.78 is 2.55. The van der Waals surface area contributed by atoms with Crippen LogP contribution in [0, 0.1) is 6.92 Å². The molecule has 0 aliphatic rings. The molecule has 1 amide bonds. The number of aromatic nitrogens is 4. The van der Waals surface area contributed by atoms with E-state index in [0.717, 1.165) is 20.3 Å². The van der Waals surface area contributed by atoms with Crippen LogP contribution in [0.5, 0.6) is 0 Å². The molecule has 1 aromatic carbocycles. The van der Waals surface area contributed by atoms with E-state index in [1.165, 1.54) is 11.3 Å². The zero-order valence-electron chi connectivity index (χ0n) is 10.5. The monoisotopic (exact) mass is 351 g/mol. The van der Waals surface area contributed by atoms with Gasteiger partial charge in [0, 0.05) is 10.0 Å². The molecule has 0 atom stereocenters. The first kappa shape index (κ1) is 13.2. The van der Waals surface area contributed by atoms with Crippen molar-refractivity contribution < 1.29 is 4.79 Å². The van der Waals surface area contributed by atoms with Gasteiger partial charge in [-0.2, -0.15) is 9.61 Å². The Balaban J connectivity index is 1.71. The van der Waals surface area contributed by atoms with Crippen molar-refractivity contribution >= 4 is 38.1 Å². The number of hydrogen-bond acceptors (Lipinski definition) is 5. The van der Waals surface area contributed by atoms with Crippen molar-refractivity contribution in [2.24, 2.45) is 0 Å². The Bertz CT molecular complexity index is 781. The molecule has 2 heterocycles. The summed E-state index contributed by atoms with van der Waals surface area (Å²) in [5.41, 5.74) is 0.610. The number of halogens is 1. The summed E-state index contributed by atoms with van der Waals surface area (Å²) in [6.45, 7) is 2.21. The highest BCUT2D eigenvalue weighted by Gasteiger charge is 2.10. The fourth-order valence-electron chi connectivity index (χ4n) is 1.71. The van der Waals surface area contributed by atoms with Crippen LogP contribution in [0.3, 0.4) is 0 Å². The maximum Gasteiger partial charge on any atom is 0.251 e. The molecule has 20 heavy (non-hydrogen) atoms.